The minimum absolute atomic E-state index is 0.0803. The zero-order chi connectivity index (χ0) is 15.0. The first kappa shape index (κ1) is 16.3. The molecule has 0 aliphatic heterocycles. The van der Waals surface area contributed by atoms with Gasteiger partial charge in [-0.05, 0) is 38.0 Å². The van der Waals surface area contributed by atoms with Crippen LogP contribution >= 0.6 is 0 Å². The number of hydrogen-bond donors (Lipinski definition) is 1. The van der Waals surface area contributed by atoms with Gasteiger partial charge in [0.25, 0.3) is 5.91 Å². The van der Waals surface area contributed by atoms with Gasteiger partial charge in [-0.25, -0.2) is 0 Å². The molecule has 0 radical (unpaired) electrons. The second kappa shape index (κ2) is 8.39. The molecule has 0 atom stereocenters. The van der Waals surface area contributed by atoms with Crippen LogP contribution in [0.1, 0.15) is 48.2 Å². The van der Waals surface area contributed by atoms with Crippen LogP contribution in [0.5, 0.6) is 0 Å². The average Bonchev–Trinajstić information content (AvgIpc) is 2.47. The smallest absolute Gasteiger partial charge is 0.253 e. The van der Waals surface area contributed by atoms with Crippen molar-refractivity contribution in [3.63, 3.8) is 0 Å². The lowest BCUT2D eigenvalue weighted by atomic mass is 10.0. The summed E-state index contributed by atoms with van der Waals surface area (Å²) in [6.07, 6.45) is 2.12. The van der Waals surface area contributed by atoms with Crippen LogP contribution in [-0.2, 0) is 0 Å². The molecule has 3 heteroatoms. The van der Waals surface area contributed by atoms with Crippen molar-refractivity contribution < 1.29 is 4.79 Å². The summed E-state index contributed by atoms with van der Waals surface area (Å²) >= 11 is 0. The van der Waals surface area contributed by atoms with E-state index in [1.165, 1.54) is 0 Å². The summed E-state index contributed by atoms with van der Waals surface area (Å²) < 4.78 is 0. The van der Waals surface area contributed by atoms with Crippen LogP contribution in [0.3, 0.4) is 0 Å². The van der Waals surface area contributed by atoms with Crippen LogP contribution < -0.4 is 5.73 Å². The average molecular weight is 272 g/mol. The highest BCUT2D eigenvalue weighted by Crippen LogP contribution is 2.13. The number of nitrogens with two attached hydrogens (primary N) is 1. The topological polar surface area (TPSA) is 46.3 Å². The normalized spacial score (nSPS) is 9.80. The van der Waals surface area contributed by atoms with E-state index in [0.717, 1.165) is 37.1 Å². The van der Waals surface area contributed by atoms with Crippen molar-refractivity contribution in [2.24, 2.45) is 5.73 Å². The van der Waals surface area contributed by atoms with Gasteiger partial charge in [-0.1, -0.05) is 31.3 Å². The first-order chi connectivity index (χ1) is 9.63. The monoisotopic (exact) mass is 272 g/mol. The third kappa shape index (κ3) is 4.40. The summed E-state index contributed by atoms with van der Waals surface area (Å²) in [7, 11) is 0. The quantitative estimate of drug-likeness (QED) is 0.837. The summed E-state index contributed by atoms with van der Waals surface area (Å²) in [5.41, 5.74) is 8.05. The van der Waals surface area contributed by atoms with Crippen molar-refractivity contribution in [2.75, 3.05) is 19.6 Å². The molecular weight excluding hydrogens is 248 g/mol. The van der Waals surface area contributed by atoms with E-state index >= 15 is 0 Å². The Morgan fingerprint density at radius 1 is 1.35 bits per heavy atom. The zero-order valence-corrected chi connectivity index (χ0v) is 12.7. The molecule has 0 spiro atoms. The van der Waals surface area contributed by atoms with Gasteiger partial charge in [0, 0.05) is 24.2 Å². The Morgan fingerprint density at radius 2 is 2.10 bits per heavy atom. The largest absolute Gasteiger partial charge is 0.339 e. The molecule has 0 bridgehead atoms. The molecule has 0 heterocycles. The minimum atomic E-state index is 0.0803. The first-order valence-electron chi connectivity index (χ1n) is 7.22. The fourth-order valence-corrected chi connectivity index (χ4v) is 1.97. The maximum Gasteiger partial charge on any atom is 0.253 e. The van der Waals surface area contributed by atoms with Crippen molar-refractivity contribution in [2.45, 2.75) is 33.6 Å². The lowest BCUT2D eigenvalue weighted by Gasteiger charge is -2.21. The number of aryl methyl sites for hydroxylation is 1. The van der Waals surface area contributed by atoms with Gasteiger partial charge in [0.1, 0.15) is 0 Å². The highest BCUT2D eigenvalue weighted by Gasteiger charge is 2.14. The van der Waals surface area contributed by atoms with Crippen molar-refractivity contribution in [1.29, 1.82) is 0 Å². The highest BCUT2D eigenvalue weighted by molar-refractivity contribution is 5.94. The number of benzene rings is 1. The van der Waals surface area contributed by atoms with E-state index in [4.69, 9.17) is 5.73 Å². The fourth-order valence-electron chi connectivity index (χ4n) is 1.97. The maximum atomic E-state index is 12.5. The Morgan fingerprint density at radius 3 is 2.70 bits per heavy atom. The molecule has 108 valence electrons. The molecule has 1 amide bonds. The van der Waals surface area contributed by atoms with E-state index in [9.17, 15) is 4.79 Å². The third-order valence-corrected chi connectivity index (χ3v) is 3.26. The number of amides is 1. The molecule has 1 aromatic carbocycles. The molecule has 3 nitrogen and oxygen atoms in total. The van der Waals surface area contributed by atoms with Crippen molar-refractivity contribution in [3.05, 3.63) is 34.9 Å². The molecule has 20 heavy (non-hydrogen) atoms. The van der Waals surface area contributed by atoms with Gasteiger partial charge in [0.15, 0.2) is 0 Å². The second-order valence-electron chi connectivity index (χ2n) is 4.77. The summed E-state index contributed by atoms with van der Waals surface area (Å²) in [6.45, 7) is 8.00. The van der Waals surface area contributed by atoms with Gasteiger partial charge >= 0.3 is 0 Å². The number of nitrogens with zero attached hydrogens (tertiary/aromatic N) is 1. The van der Waals surface area contributed by atoms with Crippen molar-refractivity contribution >= 4 is 5.91 Å². The molecule has 0 aliphatic rings. The number of hydrogen-bond acceptors (Lipinski definition) is 2. The molecule has 0 aliphatic carbocycles. The Kier molecular flexibility index (Phi) is 6.83. The van der Waals surface area contributed by atoms with Crippen LogP contribution in [0, 0.1) is 18.8 Å². The summed E-state index contributed by atoms with van der Waals surface area (Å²) in [5.74, 6) is 5.94. The molecule has 0 saturated carbocycles. The SMILES string of the molecule is CCCCN(CC)C(=O)c1ccc(C)c(C#CCN)c1. The van der Waals surface area contributed by atoms with Crippen molar-refractivity contribution in [3.8, 4) is 11.8 Å². The first-order valence-corrected chi connectivity index (χ1v) is 7.22. The predicted octanol–water partition coefficient (Wildman–Crippen LogP) is 2.57. The van der Waals surface area contributed by atoms with E-state index in [1.54, 1.807) is 0 Å². The van der Waals surface area contributed by atoms with Gasteiger partial charge in [-0.2, -0.15) is 0 Å². The summed E-state index contributed by atoms with van der Waals surface area (Å²) in [4.78, 5) is 14.4. The predicted molar refractivity (Wildman–Crippen MR) is 83.6 cm³/mol. The molecule has 2 N–H and O–H groups in total. The number of unbranched alkanes of at least 4 members (excludes halogenated alkanes) is 1. The third-order valence-electron chi connectivity index (χ3n) is 3.26. The minimum Gasteiger partial charge on any atom is -0.339 e. The van der Waals surface area contributed by atoms with Crippen LogP contribution in [0.2, 0.25) is 0 Å². The van der Waals surface area contributed by atoms with E-state index < -0.39 is 0 Å². The summed E-state index contributed by atoms with van der Waals surface area (Å²) in [6, 6.07) is 5.69. The fraction of sp³-hybridized carbons (Fsp3) is 0.471. The molecular formula is C17H24N2O. The Hall–Kier alpha value is -1.79. The molecule has 1 aromatic rings. The highest BCUT2D eigenvalue weighted by atomic mass is 16.2. The van der Waals surface area contributed by atoms with E-state index in [0.29, 0.717) is 12.1 Å². The summed E-state index contributed by atoms with van der Waals surface area (Å²) in [5, 5.41) is 0. The van der Waals surface area contributed by atoms with Crippen molar-refractivity contribution in [1.82, 2.24) is 4.90 Å². The van der Waals surface area contributed by atoms with Gasteiger partial charge in [0.2, 0.25) is 0 Å². The van der Waals surface area contributed by atoms with Crippen LogP contribution in [-0.4, -0.2) is 30.4 Å². The Labute approximate surface area is 122 Å². The molecule has 0 aromatic heterocycles. The van der Waals surface area contributed by atoms with E-state index in [2.05, 4.69) is 18.8 Å². The lowest BCUT2D eigenvalue weighted by molar-refractivity contribution is 0.0762. The molecule has 1 rings (SSSR count). The van der Waals surface area contributed by atoms with Crippen LogP contribution in [0.25, 0.3) is 0 Å². The van der Waals surface area contributed by atoms with Gasteiger partial charge in [0.05, 0.1) is 6.54 Å². The Balaban J connectivity index is 2.97. The van der Waals surface area contributed by atoms with Gasteiger partial charge in [-0.15, -0.1) is 0 Å². The van der Waals surface area contributed by atoms with Crippen LogP contribution in [0.15, 0.2) is 18.2 Å². The number of carbonyl (C=O) groups excluding carboxylic acids is 1. The molecule has 0 unspecified atom stereocenters. The maximum absolute atomic E-state index is 12.5. The van der Waals surface area contributed by atoms with Gasteiger partial charge < -0.3 is 10.6 Å². The molecule has 0 fully saturated rings. The van der Waals surface area contributed by atoms with E-state index in [1.807, 2.05) is 36.9 Å². The van der Waals surface area contributed by atoms with Gasteiger partial charge in [-0.3, -0.25) is 4.79 Å². The zero-order valence-electron chi connectivity index (χ0n) is 12.7. The number of rotatable bonds is 5. The second-order valence-corrected chi connectivity index (χ2v) is 4.77. The molecule has 0 saturated heterocycles. The lowest BCUT2D eigenvalue weighted by Crippen LogP contribution is -2.31. The Bertz CT molecular complexity index is 511. The number of carbonyl (C=O) groups is 1. The standard InChI is InChI=1S/C17H24N2O/c1-4-6-12-19(5-2)17(20)16-10-9-14(3)15(13-16)8-7-11-18/h9-10,13H,4-6,11-12,18H2,1-3H3. The van der Waals surface area contributed by atoms with Crippen LogP contribution in [0.4, 0.5) is 0 Å². The van der Waals surface area contributed by atoms with E-state index in [-0.39, 0.29) is 5.91 Å².